The van der Waals surface area contributed by atoms with Gasteiger partial charge in [-0.15, -0.1) is 5.10 Å². The number of aromatic amines is 1. The average molecular weight is 425 g/mol. The second kappa shape index (κ2) is 8.01. The first-order chi connectivity index (χ1) is 15.0. The molecule has 10 heteroatoms. The summed E-state index contributed by atoms with van der Waals surface area (Å²) in [6, 6.07) is 2.52. The van der Waals surface area contributed by atoms with Crippen LogP contribution in [0.4, 0.5) is 14.7 Å². The topological polar surface area (TPSA) is 99.7 Å². The van der Waals surface area contributed by atoms with Gasteiger partial charge in [-0.3, -0.25) is 9.89 Å². The first kappa shape index (κ1) is 19.5. The molecule has 1 saturated heterocycles. The molecule has 0 bridgehead atoms. The third kappa shape index (κ3) is 4.10. The van der Waals surface area contributed by atoms with E-state index in [2.05, 4.69) is 30.7 Å². The Hall–Kier alpha value is -3.43. The number of fused-ring (bicyclic) bond motifs is 1. The summed E-state index contributed by atoms with van der Waals surface area (Å²) in [5.74, 6) is -0.814. The molecule has 3 aromatic rings. The van der Waals surface area contributed by atoms with Crippen LogP contribution in [0.1, 0.15) is 34.7 Å². The van der Waals surface area contributed by atoms with Gasteiger partial charge >= 0.3 is 0 Å². The van der Waals surface area contributed by atoms with E-state index in [0.29, 0.717) is 44.7 Å². The highest BCUT2D eigenvalue weighted by atomic mass is 19.2. The number of nitrogens with one attached hydrogen (secondary N) is 2. The number of aryl methyl sites for hydroxylation is 1. The molecule has 2 aromatic heterocycles. The van der Waals surface area contributed by atoms with Crippen molar-refractivity contribution in [3.05, 3.63) is 64.7 Å². The summed E-state index contributed by atoms with van der Waals surface area (Å²) in [7, 11) is 0. The molecule has 0 saturated carbocycles. The van der Waals surface area contributed by atoms with E-state index in [1.165, 1.54) is 12.1 Å². The van der Waals surface area contributed by atoms with Crippen LogP contribution in [0, 0.1) is 11.6 Å². The van der Waals surface area contributed by atoms with E-state index in [1.807, 2.05) is 4.90 Å². The van der Waals surface area contributed by atoms with Gasteiger partial charge in [0.25, 0.3) is 0 Å². The summed E-state index contributed by atoms with van der Waals surface area (Å²) in [5, 5.41) is 13.6. The molecule has 0 radical (unpaired) electrons. The van der Waals surface area contributed by atoms with E-state index >= 15 is 0 Å². The van der Waals surface area contributed by atoms with E-state index in [1.54, 1.807) is 18.6 Å². The van der Waals surface area contributed by atoms with E-state index < -0.39 is 11.6 Å². The molecule has 1 aliphatic heterocycles. The van der Waals surface area contributed by atoms with Crippen molar-refractivity contribution in [2.45, 2.75) is 37.6 Å². The summed E-state index contributed by atoms with van der Waals surface area (Å²) >= 11 is 0. The molecule has 0 atom stereocenters. The minimum Gasteiger partial charge on any atom is -0.351 e. The largest absolute Gasteiger partial charge is 0.351 e. The highest BCUT2D eigenvalue weighted by molar-refractivity contribution is 5.77. The highest BCUT2D eigenvalue weighted by Crippen LogP contribution is 2.27. The fraction of sp³-hybridized carbons (Fsp3) is 0.381. The molecule has 31 heavy (non-hydrogen) atoms. The summed E-state index contributed by atoms with van der Waals surface area (Å²) < 4.78 is 26.8. The number of hydrogen-bond acceptors (Lipinski definition) is 6. The van der Waals surface area contributed by atoms with Crippen molar-refractivity contribution >= 4 is 11.9 Å². The Balaban J connectivity index is 1.09. The summed E-state index contributed by atoms with van der Waals surface area (Å²) in [5.41, 5.74) is 3.39. The van der Waals surface area contributed by atoms with Crippen molar-refractivity contribution in [2.24, 2.45) is 0 Å². The standard InChI is InChI=1S/C21H21F2N7O/c22-17-5-13-3-16(4-14(13)6-18(17)23)27-21-24-7-12(8-25-21)1-2-20(31)30-10-15(11-30)19-9-26-29-28-19/h5-9,15-16H,1-4,10-11H2,(H,24,25,27)(H,26,28,29). The van der Waals surface area contributed by atoms with Crippen LogP contribution in [0.25, 0.3) is 0 Å². The Kier molecular flexibility index (Phi) is 5.05. The smallest absolute Gasteiger partial charge is 0.222 e. The molecule has 1 aromatic carbocycles. The van der Waals surface area contributed by atoms with Crippen molar-refractivity contribution in [1.82, 2.24) is 30.3 Å². The fourth-order valence-corrected chi connectivity index (χ4v) is 4.14. The lowest BCUT2D eigenvalue weighted by molar-refractivity contribution is -0.135. The van der Waals surface area contributed by atoms with Gasteiger partial charge in [-0.05, 0) is 48.1 Å². The number of aromatic nitrogens is 5. The van der Waals surface area contributed by atoms with Crippen molar-refractivity contribution in [2.75, 3.05) is 18.4 Å². The first-order valence-electron chi connectivity index (χ1n) is 10.2. The zero-order valence-corrected chi connectivity index (χ0v) is 16.7. The summed E-state index contributed by atoms with van der Waals surface area (Å²) in [4.78, 5) is 22.8. The predicted octanol–water partition coefficient (Wildman–Crippen LogP) is 2.01. The molecular weight excluding hydrogens is 404 g/mol. The molecular formula is C21H21F2N7O. The zero-order valence-electron chi connectivity index (χ0n) is 16.7. The average Bonchev–Trinajstić information content (AvgIpc) is 3.37. The van der Waals surface area contributed by atoms with Crippen molar-refractivity contribution in [1.29, 1.82) is 0 Å². The number of rotatable bonds is 6. The Labute approximate surface area is 177 Å². The number of hydrogen-bond donors (Lipinski definition) is 2. The minimum atomic E-state index is -0.818. The number of anilines is 1. The normalized spacial score (nSPS) is 16.3. The number of amides is 1. The van der Waals surface area contributed by atoms with Gasteiger partial charge in [-0.1, -0.05) is 5.21 Å². The SMILES string of the molecule is O=C(CCc1cnc(NC2Cc3cc(F)c(F)cc3C2)nc1)N1CC(c2c[nH]nn2)C1. The van der Waals surface area contributed by atoms with Gasteiger partial charge in [0.1, 0.15) is 0 Å². The highest BCUT2D eigenvalue weighted by Gasteiger charge is 2.32. The second-order valence-corrected chi connectivity index (χ2v) is 8.09. The third-order valence-corrected chi connectivity index (χ3v) is 5.93. The number of H-pyrrole nitrogens is 1. The Bertz CT molecular complexity index is 1050. The monoisotopic (exact) mass is 425 g/mol. The lowest BCUT2D eigenvalue weighted by atomic mass is 9.96. The van der Waals surface area contributed by atoms with Gasteiger partial charge in [-0.2, -0.15) is 0 Å². The van der Waals surface area contributed by atoms with Gasteiger partial charge in [-0.25, -0.2) is 18.7 Å². The quantitative estimate of drug-likeness (QED) is 0.627. The molecule has 0 spiro atoms. The number of carbonyl (C=O) groups is 1. The molecule has 160 valence electrons. The van der Waals surface area contributed by atoms with E-state index in [4.69, 9.17) is 0 Å². The van der Waals surface area contributed by atoms with Crippen molar-refractivity contribution in [3.8, 4) is 0 Å². The molecule has 2 aliphatic rings. The lowest BCUT2D eigenvalue weighted by Crippen LogP contribution is -2.48. The lowest BCUT2D eigenvalue weighted by Gasteiger charge is -2.38. The predicted molar refractivity (Wildman–Crippen MR) is 107 cm³/mol. The van der Waals surface area contributed by atoms with Crippen molar-refractivity contribution in [3.63, 3.8) is 0 Å². The number of carbonyl (C=O) groups excluding carboxylic acids is 1. The van der Waals surface area contributed by atoms with Gasteiger partial charge in [0.15, 0.2) is 11.6 Å². The maximum atomic E-state index is 13.4. The molecule has 2 N–H and O–H groups in total. The Morgan fingerprint density at radius 3 is 2.42 bits per heavy atom. The number of benzene rings is 1. The molecule has 0 unspecified atom stereocenters. The summed E-state index contributed by atoms with van der Waals surface area (Å²) in [6.45, 7) is 1.34. The first-order valence-corrected chi connectivity index (χ1v) is 10.2. The molecule has 3 heterocycles. The van der Waals surface area contributed by atoms with Crippen molar-refractivity contribution < 1.29 is 13.6 Å². The van der Waals surface area contributed by atoms with E-state index in [9.17, 15) is 13.6 Å². The molecule has 1 aliphatic carbocycles. The van der Waals surface area contributed by atoms with Gasteiger partial charge < -0.3 is 10.2 Å². The van der Waals surface area contributed by atoms with Crippen LogP contribution >= 0.6 is 0 Å². The van der Waals surface area contributed by atoms with Gasteiger partial charge in [0.05, 0.1) is 5.69 Å². The van der Waals surface area contributed by atoms with E-state index in [0.717, 1.165) is 22.4 Å². The van der Waals surface area contributed by atoms with Crippen LogP contribution in [0.3, 0.4) is 0 Å². The number of halogens is 2. The summed E-state index contributed by atoms with van der Waals surface area (Å²) in [6.07, 6.45) is 7.33. The number of nitrogens with zero attached hydrogens (tertiary/aromatic N) is 5. The van der Waals surface area contributed by atoms with Gasteiger partial charge in [0, 0.05) is 50.1 Å². The molecule has 8 nitrogen and oxygen atoms in total. The van der Waals surface area contributed by atoms with Crippen LogP contribution in [0.5, 0.6) is 0 Å². The Morgan fingerprint density at radius 1 is 1.13 bits per heavy atom. The number of likely N-dealkylation sites (tertiary alicyclic amines) is 1. The van der Waals surface area contributed by atoms with Crippen LogP contribution in [0.15, 0.2) is 30.7 Å². The Morgan fingerprint density at radius 2 is 1.81 bits per heavy atom. The van der Waals surface area contributed by atoms with Crippen LogP contribution in [0.2, 0.25) is 0 Å². The van der Waals surface area contributed by atoms with E-state index in [-0.39, 0.29) is 17.9 Å². The van der Waals surface area contributed by atoms with Gasteiger partial charge in [0.2, 0.25) is 11.9 Å². The molecule has 1 amide bonds. The second-order valence-electron chi connectivity index (χ2n) is 8.09. The zero-order chi connectivity index (χ0) is 21.4. The molecule has 1 fully saturated rings. The minimum absolute atomic E-state index is 0.00675. The fourth-order valence-electron chi connectivity index (χ4n) is 4.14. The van der Waals surface area contributed by atoms with Crippen LogP contribution < -0.4 is 5.32 Å². The van der Waals surface area contributed by atoms with Crippen LogP contribution in [-0.4, -0.2) is 55.3 Å². The maximum absolute atomic E-state index is 13.4. The molecule has 5 rings (SSSR count). The van der Waals surface area contributed by atoms with Crippen LogP contribution in [-0.2, 0) is 24.1 Å². The third-order valence-electron chi connectivity index (χ3n) is 5.93. The maximum Gasteiger partial charge on any atom is 0.222 e.